The number of aromatic nitrogens is 5. The van der Waals surface area contributed by atoms with Gasteiger partial charge in [-0.05, 0) is 29.8 Å². The third-order valence-electron chi connectivity index (χ3n) is 4.54. The highest BCUT2D eigenvalue weighted by molar-refractivity contribution is 6.30. The smallest absolute Gasteiger partial charge is 0.271 e. The van der Waals surface area contributed by atoms with Crippen LogP contribution in [0.1, 0.15) is 42.6 Å². The van der Waals surface area contributed by atoms with Crippen LogP contribution in [0.5, 0.6) is 0 Å². The van der Waals surface area contributed by atoms with E-state index in [0.717, 1.165) is 5.56 Å². The van der Waals surface area contributed by atoms with Gasteiger partial charge in [-0.1, -0.05) is 49.7 Å². The Morgan fingerprint density at radius 1 is 1.13 bits per heavy atom. The van der Waals surface area contributed by atoms with Crippen molar-refractivity contribution < 1.29 is 9.32 Å². The highest BCUT2D eigenvalue weighted by Crippen LogP contribution is 2.23. The van der Waals surface area contributed by atoms with Gasteiger partial charge in [-0.2, -0.15) is 4.98 Å². The molecule has 158 valence electrons. The maximum absolute atomic E-state index is 12.4. The summed E-state index contributed by atoms with van der Waals surface area (Å²) in [4.78, 5) is 25.4. The van der Waals surface area contributed by atoms with Crippen molar-refractivity contribution in [2.75, 3.05) is 0 Å². The second kappa shape index (κ2) is 8.31. The molecule has 0 aliphatic carbocycles. The van der Waals surface area contributed by atoms with Crippen LogP contribution in [-0.4, -0.2) is 30.6 Å². The number of nitrogens with one attached hydrogen (secondary N) is 1. The highest BCUT2D eigenvalue weighted by atomic mass is 35.5. The summed E-state index contributed by atoms with van der Waals surface area (Å²) in [5.41, 5.74) is 1.76. The number of rotatable bonds is 5. The molecule has 4 rings (SSSR count). The maximum Gasteiger partial charge on any atom is 0.271 e. The molecule has 0 unspecified atom stereocenters. The van der Waals surface area contributed by atoms with E-state index in [1.54, 1.807) is 41.5 Å². The van der Waals surface area contributed by atoms with E-state index in [1.807, 2.05) is 39.0 Å². The van der Waals surface area contributed by atoms with Gasteiger partial charge in [0.25, 0.3) is 11.8 Å². The first-order valence-corrected chi connectivity index (χ1v) is 10.0. The van der Waals surface area contributed by atoms with Crippen LogP contribution in [0, 0.1) is 0 Å². The minimum Gasteiger partial charge on any atom is -0.347 e. The van der Waals surface area contributed by atoms with Gasteiger partial charge in [0.2, 0.25) is 0 Å². The Morgan fingerprint density at radius 2 is 1.90 bits per heavy atom. The minimum absolute atomic E-state index is 0.198. The number of pyridine rings is 1. The molecule has 0 fully saturated rings. The molecule has 1 aromatic carbocycles. The first-order chi connectivity index (χ1) is 14.8. The van der Waals surface area contributed by atoms with Gasteiger partial charge < -0.3 is 9.84 Å². The number of carbonyl (C=O) groups is 1. The van der Waals surface area contributed by atoms with Gasteiger partial charge in [0, 0.05) is 29.4 Å². The minimum atomic E-state index is -0.272. The van der Waals surface area contributed by atoms with Crippen molar-refractivity contribution in [3.8, 4) is 17.3 Å². The summed E-state index contributed by atoms with van der Waals surface area (Å²) in [5, 5.41) is 7.52. The Balaban J connectivity index is 1.43. The standard InChI is InChI=1S/C22H21ClN6O2/c1-22(2,3)21-27-20(31-28-21)15-6-9-18(24-11-15)29-12-17(26-13-29)19(30)25-10-14-4-7-16(23)8-5-14/h4-9,11-13H,10H2,1-3H3,(H,25,30). The number of imidazole rings is 1. The molecule has 4 aromatic rings. The molecule has 9 heteroatoms. The summed E-state index contributed by atoms with van der Waals surface area (Å²) in [7, 11) is 0. The first kappa shape index (κ1) is 20.7. The quantitative estimate of drug-likeness (QED) is 0.503. The molecule has 1 N–H and O–H groups in total. The molecule has 0 saturated heterocycles. The number of halogens is 1. The third-order valence-corrected chi connectivity index (χ3v) is 4.79. The molecular weight excluding hydrogens is 416 g/mol. The van der Waals surface area contributed by atoms with Crippen molar-refractivity contribution in [1.29, 1.82) is 0 Å². The molecule has 1 amide bonds. The van der Waals surface area contributed by atoms with Gasteiger partial charge in [-0.3, -0.25) is 9.36 Å². The van der Waals surface area contributed by atoms with Gasteiger partial charge in [0.05, 0.1) is 5.56 Å². The Kier molecular flexibility index (Phi) is 5.56. The zero-order valence-electron chi connectivity index (χ0n) is 17.3. The van der Waals surface area contributed by atoms with Crippen LogP contribution in [0.15, 0.2) is 59.6 Å². The van der Waals surface area contributed by atoms with Crippen LogP contribution in [0.3, 0.4) is 0 Å². The Bertz CT molecular complexity index is 1190. The molecule has 3 heterocycles. The van der Waals surface area contributed by atoms with Crippen LogP contribution in [0.4, 0.5) is 0 Å². The number of benzene rings is 1. The molecule has 31 heavy (non-hydrogen) atoms. The number of carbonyl (C=O) groups excluding carboxylic acids is 1. The predicted octanol–water partition coefficient (Wildman–Crippen LogP) is 4.20. The lowest BCUT2D eigenvalue weighted by atomic mass is 9.96. The Morgan fingerprint density at radius 3 is 2.55 bits per heavy atom. The fraction of sp³-hybridized carbons (Fsp3) is 0.227. The average molecular weight is 437 g/mol. The van der Waals surface area contributed by atoms with E-state index in [2.05, 4.69) is 25.4 Å². The van der Waals surface area contributed by atoms with Gasteiger partial charge in [-0.15, -0.1) is 0 Å². The topological polar surface area (TPSA) is 98.7 Å². The maximum atomic E-state index is 12.4. The Labute approximate surface area is 184 Å². The Hall–Kier alpha value is -3.52. The fourth-order valence-corrected chi connectivity index (χ4v) is 2.88. The van der Waals surface area contributed by atoms with Crippen molar-refractivity contribution >= 4 is 17.5 Å². The van der Waals surface area contributed by atoms with Crippen molar-refractivity contribution in [2.45, 2.75) is 32.7 Å². The molecule has 0 spiro atoms. The second-order valence-corrected chi connectivity index (χ2v) is 8.49. The summed E-state index contributed by atoms with van der Waals surface area (Å²) in [6.45, 7) is 6.44. The van der Waals surface area contributed by atoms with E-state index >= 15 is 0 Å². The molecule has 0 aliphatic rings. The van der Waals surface area contributed by atoms with E-state index in [9.17, 15) is 4.79 Å². The molecule has 8 nitrogen and oxygen atoms in total. The molecule has 0 saturated carbocycles. The first-order valence-electron chi connectivity index (χ1n) is 9.67. The van der Waals surface area contributed by atoms with Crippen LogP contribution in [-0.2, 0) is 12.0 Å². The molecule has 0 radical (unpaired) electrons. The molecule has 0 bridgehead atoms. The number of hydrogen-bond acceptors (Lipinski definition) is 6. The van der Waals surface area contributed by atoms with Crippen LogP contribution < -0.4 is 5.32 Å². The zero-order valence-corrected chi connectivity index (χ0v) is 18.1. The summed E-state index contributed by atoms with van der Waals surface area (Å²) in [6.07, 6.45) is 4.82. The van der Waals surface area contributed by atoms with Gasteiger partial charge in [-0.25, -0.2) is 9.97 Å². The number of nitrogens with zero attached hydrogens (tertiary/aromatic N) is 5. The summed E-state index contributed by atoms with van der Waals surface area (Å²) < 4.78 is 7.02. The normalized spacial score (nSPS) is 11.5. The van der Waals surface area contributed by atoms with Gasteiger partial charge in [0.1, 0.15) is 17.8 Å². The van der Waals surface area contributed by atoms with Crippen LogP contribution in [0.2, 0.25) is 5.02 Å². The van der Waals surface area contributed by atoms with Crippen LogP contribution in [0.25, 0.3) is 17.3 Å². The summed E-state index contributed by atoms with van der Waals surface area (Å²) >= 11 is 5.88. The summed E-state index contributed by atoms with van der Waals surface area (Å²) in [5.74, 6) is 1.39. The lowest BCUT2D eigenvalue weighted by Crippen LogP contribution is -2.23. The second-order valence-electron chi connectivity index (χ2n) is 8.05. The van der Waals surface area contributed by atoms with E-state index in [4.69, 9.17) is 16.1 Å². The van der Waals surface area contributed by atoms with Crippen molar-refractivity contribution in [3.63, 3.8) is 0 Å². The summed E-state index contributed by atoms with van der Waals surface area (Å²) in [6, 6.07) is 10.9. The van der Waals surface area contributed by atoms with Crippen molar-refractivity contribution in [2.24, 2.45) is 0 Å². The molecule has 3 aromatic heterocycles. The number of amides is 1. The lowest BCUT2D eigenvalue weighted by molar-refractivity contribution is 0.0946. The van der Waals surface area contributed by atoms with Crippen molar-refractivity contribution in [1.82, 2.24) is 30.0 Å². The number of hydrogen-bond donors (Lipinski definition) is 1. The average Bonchev–Trinajstić information content (AvgIpc) is 3.43. The molecule has 0 atom stereocenters. The van der Waals surface area contributed by atoms with Gasteiger partial charge in [0.15, 0.2) is 5.82 Å². The van der Waals surface area contributed by atoms with E-state index < -0.39 is 0 Å². The predicted molar refractivity (Wildman–Crippen MR) is 116 cm³/mol. The fourth-order valence-electron chi connectivity index (χ4n) is 2.75. The monoisotopic (exact) mass is 436 g/mol. The SMILES string of the molecule is CC(C)(C)c1noc(-c2ccc(-n3cnc(C(=O)NCc4ccc(Cl)cc4)c3)nc2)n1. The lowest BCUT2D eigenvalue weighted by Gasteiger charge is -2.10. The molecular formula is C22H21ClN6O2. The van der Waals surface area contributed by atoms with E-state index in [1.165, 1.54) is 0 Å². The van der Waals surface area contributed by atoms with Crippen LogP contribution >= 0.6 is 11.6 Å². The van der Waals surface area contributed by atoms with E-state index in [0.29, 0.717) is 40.4 Å². The van der Waals surface area contributed by atoms with E-state index in [-0.39, 0.29) is 11.3 Å². The largest absolute Gasteiger partial charge is 0.347 e. The zero-order chi connectivity index (χ0) is 22.0. The highest BCUT2D eigenvalue weighted by Gasteiger charge is 2.21. The van der Waals surface area contributed by atoms with Gasteiger partial charge >= 0.3 is 0 Å². The third kappa shape index (κ3) is 4.80. The van der Waals surface area contributed by atoms with Crippen molar-refractivity contribution in [3.05, 3.63) is 77.2 Å². The molecule has 0 aliphatic heterocycles.